The number of nitrogens with zero attached hydrogens (tertiary/aromatic N) is 6. The summed E-state index contributed by atoms with van der Waals surface area (Å²) in [4.78, 5) is 40.2. The molecule has 11 heteroatoms. The van der Waals surface area contributed by atoms with Gasteiger partial charge in [-0.25, -0.2) is 9.97 Å². The van der Waals surface area contributed by atoms with Gasteiger partial charge in [0.05, 0.1) is 31.2 Å². The lowest BCUT2D eigenvalue weighted by atomic mass is 10.1. The van der Waals surface area contributed by atoms with E-state index in [4.69, 9.17) is 15.2 Å². The average Bonchev–Trinajstić information content (AvgIpc) is 3.56. The minimum atomic E-state index is -0.627. The zero-order valence-electron chi connectivity index (χ0n) is 23.5. The van der Waals surface area contributed by atoms with Gasteiger partial charge in [0.2, 0.25) is 11.8 Å². The second-order valence-corrected chi connectivity index (χ2v) is 9.92. The number of carbonyl (C=O) groups is 2. The Hall–Kier alpha value is -4.56. The van der Waals surface area contributed by atoms with Gasteiger partial charge in [0.1, 0.15) is 35.3 Å². The highest BCUT2D eigenvalue weighted by Gasteiger charge is 2.41. The number of rotatable bonds is 8. The lowest BCUT2D eigenvalue weighted by Crippen LogP contribution is -2.47. The summed E-state index contributed by atoms with van der Waals surface area (Å²) in [5, 5.41) is 0.615. The number of ether oxygens (including phenoxy) is 2. The Bertz CT molecular complexity index is 1460. The van der Waals surface area contributed by atoms with Crippen LogP contribution < -0.4 is 15.2 Å². The van der Waals surface area contributed by atoms with Crippen LogP contribution in [0.1, 0.15) is 23.6 Å². The van der Waals surface area contributed by atoms with Crippen LogP contribution in [0.25, 0.3) is 11.0 Å². The van der Waals surface area contributed by atoms with Crippen LogP contribution in [-0.4, -0.2) is 102 Å². The van der Waals surface area contributed by atoms with Crippen LogP contribution in [0.4, 0.5) is 5.82 Å². The van der Waals surface area contributed by atoms with E-state index in [0.29, 0.717) is 65.5 Å². The number of nitrogens with two attached hydrogens (primary N) is 1. The second kappa shape index (κ2) is 12.1. The molecule has 2 N–H and O–H groups in total. The van der Waals surface area contributed by atoms with Gasteiger partial charge in [-0.15, -0.1) is 0 Å². The third-order valence-corrected chi connectivity index (χ3v) is 7.01. The minimum Gasteiger partial charge on any atom is -0.497 e. The number of anilines is 1. The van der Waals surface area contributed by atoms with Crippen LogP contribution in [0.15, 0.2) is 43.4 Å². The van der Waals surface area contributed by atoms with Crippen molar-refractivity contribution >= 4 is 28.7 Å². The number of hydrogen-bond donors (Lipinski definition) is 1. The Morgan fingerprint density at radius 1 is 1.12 bits per heavy atom. The van der Waals surface area contributed by atoms with Crippen LogP contribution in [0.2, 0.25) is 0 Å². The molecule has 210 valence electrons. The number of likely N-dealkylation sites (N-methyl/N-ethyl adjacent to an activating group) is 2. The summed E-state index contributed by atoms with van der Waals surface area (Å²) in [6, 6.07) is 4.54. The molecule has 2 atom stereocenters. The highest BCUT2D eigenvalue weighted by molar-refractivity contribution is 5.94. The molecule has 3 heterocycles. The zero-order valence-corrected chi connectivity index (χ0v) is 23.5. The first-order chi connectivity index (χ1) is 19.2. The summed E-state index contributed by atoms with van der Waals surface area (Å²) in [5.41, 5.74) is 8.20. The first-order valence-corrected chi connectivity index (χ1v) is 12.9. The summed E-state index contributed by atoms with van der Waals surface area (Å²) in [7, 11) is 8.83. The first kappa shape index (κ1) is 28.4. The predicted octanol–water partition coefficient (Wildman–Crippen LogP) is 1.78. The minimum absolute atomic E-state index is 0.114. The van der Waals surface area contributed by atoms with Gasteiger partial charge in [-0.2, -0.15) is 0 Å². The molecule has 2 aromatic heterocycles. The van der Waals surface area contributed by atoms with Crippen molar-refractivity contribution in [3.63, 3.8) is 0 Å². The van der Waals surface area contributed by atoms with Crippen molar-refractivity contribution in [3.8, 4) is 23.3 Å². The number of hydrogen-bond acceptors (Lipinski definition) is 8. The van der Waals surface area contributed by atoms with Crippen molar-refractivity contribution in [2.45, 2.75) is 18.5 Å². The zero-order chi connectivity index (χ0) is 29.0. The quantitative estimate of drug-likeness (QED) is 0.336. The Morgan fingerprint density at radius 2 is 1.82 bits per heavy atom. The first-order valence-electron chi connectivity index (χ1n) is 12.9. The van der Waals surface area contributed by atoms with E-state index in [9.17, 15) is 9.59 Å². The number of carbonyl (C=O) groups excluding carboxylic acids is 2. The Balaban J connectivity index is 1.71. The van der Waals surface area contributed by atoms with Crippen LogP contribution in [0, 0.1) is 11.8 Å². The molecule has 0 radical (unpaired) electrons. The average molecular weight is 546 g/mol. The van der Waals surface area contributed by atoms with Gasteiger partial charge >= 0.3 is 0 Å². The fourth-order valence-corrected chi connectivity index (χ4v) is 4.83. The van der Waals surface area contributed by atoms with E-state index < -0.39 is 6.04 Å². The molecule has 0 spiro atoms. The van der Waals surface area contributed by atoms with Crippen molar-refractivity contribution in [3.05, 3.63) is 54.5 Å². The normalized spacial score (nSPS) is 16.5. The summed E-state index contributed by atoms with van der Waals surface area (Å²) >= 11 is 0. The predicted molar refractivity (Wildman–Crippen MR) is 153 cm³/mol. The molecule has 0 aliphatic carbocycles. The fourth-order valence-electron chi connectivity index (χ4n) is 4.83. The van der Waals surface area contributed by atoms with E-state index in [1.54, 1.807) is 37.1 Å². The molecule has 1 fully saturated rings. The molecular weight excluding hydrogens is 510 g/mol. The molecule has 1 aliphatic heterocycles. The Morgan fingerprint density at radius 3 is 2.45 bits per heavy atom. The van der Waals surface area contributed by atoms with Gasteiger partial charge in [-0.3, -0.25) is 9.59 Å². The van der Waals surface area contributed by atoms with Crippen LogP contribution in [0.5, 0.6) is 11.5 Å². The van der Waals surface area contributed by atoms with Gasteiger partial charge in [-0.05, 0) is 38.7 Å². The lowest BCUT2D eigenvalue weighted by molar-refractivity contribution is -0.140. The van der Waals surface area contributed by atoms with Crippen LogP contribution in [0.3, 0.4) is 0 Å². The largest absolute Gasteiger partial charge is 0.497 e. The summed E-state index contributed by atoms with van der Waals surface area (Å²) in [6.45, 7) is 5.22. The standard InChI is InChI=1S/C29H35N7O4/c1-7-25(37)36-17-21(14-24(36)29(38)34(4)11-10-33(2)3)35-16-20(26-27(30)31-18-32-28(26)35)9-8-19-12-22(39-5)15-23(13-19)40-6/h7,12-13,15-16,18,21,24H,1,10-11,14,17H2,2-6H3,(H2,30,31,32)/t21-,24-/m0/s1. The smallest absolute Gasteiger partial charge is 0.246 e. The van der Waals surface area contributed by atoms with Crippen molar-refractivity contribution in [1.82, 2.24) is 29.2 Å². The topological polar surface area (TPSA) is 119 Å². The van der Waals surface area contributed by atoms with Gasteiger partial charge in [-0.1, -0.05) is 18.4 Å². The summed E-state index contributed by atoms with van der Waals surface area (Å²) in [5.74, 6) is 7.49. The van der Waals surface area contributed by atoms with Crippen LogP contribution in [-0.2, 0) is 9.59 Å². The molecule has 11 nitrogen and oxygen atoms in total. The number of likely N-dealkylation sites (tertiary alicyclic amines) is 1. The molecule has 3 aromatic rings. The number of fused-ring (bicyclic) bond motifs is 1. The SMILES string of the molecule is C=CC(=O)N1C[C@@H](n2cc(C#Cc3cc(OC)cc(OC)c3)c3c(N)ncnc32)C[C@H]1C(=O)N(C)CCN(C)C. The van der Waals surface area contributed by atoms with Crippen molar-refractivity contribution < 1.29 is 19.1 Å². The number of amides is 2. The van der Waals surface area contributed by atoms with Crippen molar-refractivity contribution in [2.24, 2.45) is 0 Å². The molecule has 4 rings (SSSR count). The molecule has 2 amide bonds. The van der Waals surface area contributed by atoms with Gasteiger partial charge < -0.3 is 34.5 Å². The maximum atomic E-state index is 13.4. The fraction of sp³-hybridized carbons (Fsp3) is 0.379. The van der Waals surface area contributed by atoms with E-state index in [1.165, 1.54) is 12.4 Å². The number of methoxy groups -OCH3 is 2. The molecule has 1 aromatic carbocycles. The maximum absolute atomic E-state index is 13.4. The van der Waals surface area contributed by atoms with E-state index in [-0.39, 0.29) is 17.9 Å². The highest BCUT2D eigenvalue weighted by Crippen LogP contribution is 2.34. The summed E-state index contributed by atoms with van der Waals surface area (Å²) < 4.78 is 12.7. The number of nitrogen functional groups attached to an aromatic ring is 1. The van der Waals surface area contributed by atoms with E-state index in [0.717, 1.165) is 0 Å². The Kier molecular flexibility index (Phi) is 8.60. The lowest BCUT2D eigenvalue weighted by Gasteiger charge is -2.27. The van der Waals surface area contributed by atoms with E-state index in [1.807, 2.05) is 41.9 Å². The van der Waals surface area contributed by atoms with E-state index >= 15 is 0 Å². The molecule has 1 saturated heterocycles. The monoisotopic (exact) mass is 545 g/mol. The van der Waals surface area contributed by atoms with Gasteiger partial charge in [0.15, 0.2) is 0 Å². The molecule has 0 bridgehead atoms. The van der Waals surface area contributed by atoms with E-state index in [2.05, 4.69) is 28.4 Å². The number of aromatic nitrogens is 3. The van der Waals surface area contributed by atoms with Gasteiger partial charge in [0, 0.05) is 44.5 Å². The van der Waals surface area contributed by atoms with Crippen molar-refractivity contribution in [1.29, 1.82) is 0 Å². The second-order valence-electron chi connectivity index (χ2n) is 9.92. The molecule has 40 heavy (non-hydrogen) atoms. The molecule has 1 aliphatic rings. The molecule has 0 saturated carbocycles. The van der Waals surface area contributed by atoms with Crippen molar-refractivity contribution in [2.75, 3.05) is 60.7 Å². The summed E-state index contributed by atoms with van der Waals surface area (Å²) in [6.07, 6.45) is 4.93. The van der Waals surface area contributed by atoms with Crippen LogP contribution >= 0.6 is 0 Å². The highest BCUT2D eigenvalue weighted by atomic mass is 16.5. The maximum Gasteiger partial charge on any atom is 0.246 e. The Labute approximate surface area is 234 Å². The van der Waals surface area contributed by atoms with Gasteiger partial charge in [0.25, 0.3) is 0 Å². The molecular formula is C29H35N7O4. The third kappa shape index (κ3) is 5.87. The number of benzene rings is 1. The third-order valence-electron chi connectivity index (χ3n) is 7.01. The molecule has 0 unspecified atom stereocenters.